The lowest BCUT2D eigenvalue weighted by Gasteiger charge is -2.09. The summed E-state index contributed by atoms with van der Waals surface area (Å²) in [6.07, 6.45) is 0. The molecule has 0 aromatic heterocycles. The van der Waals surface area contributed by atoms with Gasteiger partial charge in [-0.1, -0.05) is 0 Å². The van der Waals surface area contributed by atoms with Crippen LogP contribution >= 0.6 is 0 Å². The number of carbonyl (C=O) groups excluding carboxylic acids is 1. The normalized spacial score (nSPS) is 9.79. The van der Waals surface area contributed by atoms with E-state index in [-0.39, 0.29) is 17.1 Å². The first-order chi connectivity index (χ1) is 6.56. The minimum atomic E-state index is -0.656. The van der Waals surface area contributed by atoms with Gasteiger partial charge in [-0.25, -0.2) is 0 Å². The Morgan fingerprint density at radius 1 is 1.43 bits per heavy atom. The SMILES string of the molecule is CCNc1cc(O)c(O)cc1C(N)=O. The van der Waals surface area contributed by atoms with Crippen LogP contribution in [0.5, 0.6) is 11.5 Å². The zero-order chi connectivity index (χ0) is 10.7. The van der Waals surface area contributed by atoms with Crippen molar-refractivity contribution in [3.63, 3.8) is 0 Å². The number of anilines is 1. The highest BCUT2D eigenvalue weighted by molar-refractivity contribution is 5.99. The topological polar surface area (TPSA) is 95.6 Å². The molecule has 0 aliphatic rings. The number of nitrogens with one attached hydrogen (secondary N) is 1. The van der Waals surface area contributed by atoms with E-state index in [1.54, 1.807) is 0 Å². The molecule has 1 aromatic carbocycles. The second kappa shape index (κ2) is 3.87. The van der Waals surface area contributed by atoms with Crippen molar-refractivity contribution in [3.8, 4) is 11.5 Å². The van der Waals surface area contributed by atoms with Gasteiger partial charge in [0.05, 0.1) is 11.3 Å². The molecule has 0 unspecified atom stereocenters. The zero-order valence-corrected chi connectivity index (χ0v) is 7.74. The van der Waals surface area contributed by atoms with Gasteiger partial charge in [-0.2, -0.15) is 0 Å². The Bertz CT molecular complexity index is 363. The first-order valence-corrected chi connectivity index (χ1v) is 4.16. The maximum Gasteiger partial charge on any atom is 0.250 e. The highest BCUT2D eigenvalue weighted by Gasteiger charge is 2.11. The third-order valence-electron chi connectivity index (χ3n) is 1.75. The molecule has 0 aliphatic heterocycles. The third-order valence-corrected chi connectivity index (χ3v) is 1.75. The number of carbonyl (C=O) groups is 1. The lowest BCUT2D eigenvalue weighted by Crippen LogP contribution is -2.14. The first kappa shape index (κ1) is 10.2. The number of phenols is 2. The molecule has 0 radical (unpaired) electrons. The van der Waals surface area contributed by atoms with Gasteiger partial charge in [-0.05, 0) is 13.0 Å². The Morgan fingerprint density at radius 3 is 2.50 bits per heavy atom. The molecule has 0 saturated heterocycles. The summed E-state index contributed by atoms with van der Waals surface area (Å²) in [6, 6.07) is 2.40. The van der Waals surface area contributed by atoms with Gasteiger partial charge in [0.2, 0.25) is 0 Å². The van der Waals surface area contributed by atoms with Crippen molar-refractivity contribution in [1.82, 2.24) is 0 Å². The summed E-state index contributed by atoms with van der Waals surface area (Å²) in [4.78, 5) is 10.9. The minimum Gasteiger partial charge on any atom is -0.504 e. The number of rotatable bonds is 3. The van der Waals surface area contributed by atoms with Crippen molar-refractivity contribution in [2.75, 3.05) is 11.9 Å². The molecule has 0 bridgehead atoms. The molecule has 76 valence electrons. The number of hydrogen-bond donors (Lipinski definition) is 4. The third kappa shape index (κ3) is 1.87. The Balaban J connectivity index is 3.24. The van der Waals surface area contributed by atoms with Gasteiger partial charge in [-0.15, -0.1) is 0 Å². The minimum absolute atomic E-state index is 0.155. The van der Waals surface area contributed by atoms with E-state index in [0.29, 0.717) is 12.2 Å². The molecular weight excluding hydrogens is 184 g/mol. The molecule has 0 spiro atoms. The summed E-state index contributed by atoms with van der Waals surface area (Å²) in [6.45, 7) is 2.43. The summed E-state index contributed by atoms with van der Waals surface area (Å²) in [5, 5.41) is 21.2. The molecule has 0 atom stereocenters. The number of phenolic OH excluding ortho intramolecular Hbond substituents is 2. The lowest BCUT2D eigenvalue weighted by atomic mass is 10.1. The molecule has 1 rings (SSSR count). The van der Waals surface area contributed by atoms with Crippen LogP contribution in [0.25, 0.3) is 0 Å². The van der Waals surface area contributed by atoms with E-state index >= 15 is 0 Å². The van der Waals surface area contributed by atoms with Crippen LogP contribution in [0.3, 0.4) is 0 Å². The molecule has 0 aliphatic carbocycles. The molecule has 5 nitrogen and oxygen atoms in total. The fourth-order valence-corrected chi connectivity index (χ4v) is 1.12. The zero-order valence-electron chi connectivity index (χ0n) is 7.74. The van der Waals surface area contributed by atoms with Crippen molar-refractivity contribution < 1.29 is 15.0 Å². The predicted octanol–water partition coefficient (Wildman–Crippen LogP) is 0.629. The van der Waals surface area contributed by atoms with Crippen molar-refractivity contribution in [2.24, 2.45) is 5.73 Å². The van der Waals surface area contributed by atoms with E-state index in [4.69, 9.17) is 10.8 Å². The van der Waals surface area contributed by atoms with E-state index in [0.717, 1.165) is 6.07 Å². The first-order valence-electron chi connectivity index (χ1n) is 4.16. The summed E-state index contributed by atoms with van der Waals surface area (Å²) >= 11 is 0. The van der Waals surface area contributed by atoms with Crippen LogP contribution < -0.4 is 11.1 Å². The Kier molecular flexibility index (Phi) is 2.81. The highest BCUT2D eigenvalue weighted by Crippen LogP contribution is 2.31. The molecule has 0 fully saturated rings. The fraction of sp³-hybridized carbons (Fsp3) is 0.222. The van der Waals surface area contributed by atoms with Crippen LogP contribution in [0.2, 0.25) is 0 Å². The summed E-state index contributed by atoms with van der Waals surface area (Å²) in [5.41, 5.74) is 5.66. The van der Waals surface area contributed by atoms with Crippen molar-refractivity contribution in [3.05, 3.63) is 17.7 Å². The molecule has 0 saturated carbocycles. The van der Waals surface area contributed by atoms with Gasteiger partial charge in [0.15, 0.2) is 11.5 Å². The van der Waals surface area contributed by atoms with E-state index in [2.05, 4.69) is 5.32 Å². The lowest BCUT2D eigenvalue weighted by molar-refractivity contribution is 0.100. The second-order valence-corrected chi connectivity index (χ2v) is 2.78. The number of hydrogen-bond acceptors (Lipinski definition) is 4. The molecular formula is C9H12N2O3. The largest absolute Gasteiger partial charge is 0.504 e. The molecule has 14 heavy (non-hydrogen) atoms. The van der Waals surface area contributed by atoms with Crippen molar-refractivity contribution in [1.29, 1.82) is 0 Å². The fourth-order valence-electron chi connectivity index (χ4n) is 1.12. The van der Waals surface area contributed by atoms with Crippen molar-refractivity contribution in [2.45, 2.75) is 6.92 Å². The Hall–Kier alpha value is -1.91. The summed E-state index contributed by atoms with van der Waals surface area (Å²) < 4.78 is 0. The van der Waals surface area contributed by atoms with Gasteiger partial charge in [0, 0.05) is 12.6 Å². The van der Waals surface area contributed by atoms with Gasteiger partial charge in [0.25, 0.3) is 5.91 Å². The quantitative estimate of drug-likeness (QED) is 0.421. The van der Waals surface area contributed by atoms with Gasteiger partial charge in [-0.3, -0.25) is 4.79 Å². The average Bonchev–Trinajstić information content (AvgIpc) is 2.11. The number of primary amides is 1. The summed E-state index contributed by atoms with van der Waals surface area (Å²) in [7, 11) is 0. The number of aromatic hydroxyl groups is 2. The maximum absolute atomic E-state index is 10.9. The van der Waals surface area contributed by atoms with Gasteiger partial charge < -0.3 is 21.3 Å². The van der Waals surface area contributed by atoms with E-state index in [9.17, 15) is 9.90 Å². The van der Waals surface area contributed by atoms with E-state index in [1.807, 2.05) is 6.92 Å². The van der Waals surface area contributed by atoms with Crippen molar-refractivity contribution >= 4 is 11.6 Å². The van der Waals surface area contributed by atoms with Crippen LogP contribution in [0.4, 0.5) is 5.69 Å². The summed E-state index contributed by atoms with van der Waals surface area (Å²) in [5.74, 6) is -1.30. The van der Waals surface area contributed by atoms with E-state index in [1.165, 1.54) is 6.07 Å². The number of nitrogens with two attached hydrogens (primary N) is 1. The maximum atomic E-state index is 10.9. The van der Waals surface area contributed by atoms with Gasteiger partial charge >= 0.3 is 0 Å². The number of benzene rings is 1. The van der Waals surface area contributed by atoms with Crippen LogP contribution in [-0.4, -0.2) is 22.7 Å². The molecule has 5 heteroatoms. The monoisotopic (exact) mass is 196 g/mol. The van der Waals surface area contributed by atoms with Crippen LogP contribution in [0.15, 0.2) is 12.1 Å². The predicted molar refractivity (Wildman–Crippen MR) is 52.5 cm³/mol. The van der Waals surface area contributed by atoms with Crippen LogP contribution in [-0.2, 0) is 0 Å². The molecule has 5 N–H and O–H groups in total. The van der Waals surface area contributed by atoms with Crippen LogP contribution in [0.1, 0.15) is 17.3 Å². The Labute approximate surface area is 81.2 Å². The highest BCUT2D eigenvalue weighted by atomic mass is 16.3. The molecule has 1 amide bonds. The standard InChI is InChI=1S/C9H12N2O3/c1-2-11-6-4-8(13)7(12)3-5(6)9(10)14/h3-4,11-13H,2H2,1H3,(H2,10,14). The van der Waals surface area contributed by atoms with E-state index < -0.39 is 5.91 Å². The second-order valence-electron chi connectivity index (χ2n) is 2.78. The molecule has 0 heterocycles. The van der Waals surface area contributed by atoms with Crippen LogP contribution in [0, 0.1) is 0 Å². The molecule has 1 aromatic rings. The van der Waals surface area contributed by atoms with Gasteiger partial charge in [0.1, 0.15) is 0 Å². The average molecular weight is 196 g/mol. The Morgan fingerprint density at radius 2 is 2.00 bits per heavy atom. The number of amides is 1. The smallest absolute Gasteiger partial charge is 0.250 e.